The van der Waals surface area contributed by atoms with Crippen LogP contribution in [0.25, 0.3) is 0 Å². The molecule has 5 heteroatoms. The summed E-state index contributed by atoms with van der Waals surface area (Å²) in [7, 11) is 1.84. The predicted octanol–water partition coefficient (Wildman–Crippen LogP) is -1.10. The fourth-order valence-corrected chi connectivity index (χ4v) is 2.29. The molecule has 2 amide bonds. The summed E-state index contributed by atoms with van der Waals surface area (Å²) in [5, 5.41) is 2.80. The summed E-state index contributed by atoms with van der Waals surface area (Å²) in [5.74, 6) is 0.716. The Labute approximate surface area is 89.4 Å². The maximum Gasteiger partial charge on any atom is 0.234 e. The lowest BCUT2D eigenvalue weighted by Gasteiger charge is -2.28. The van der Waals surface area contributed by atoms with E-state index in [4.69, 9.17) is 0 Å². The third kappa shape index (κ3) is 2.47. The number of carbonyl (C=O) groups excluding carboxylic acids is 2. The molecule has 2 fully saturated rings. The fourth-order valence-electron chi connectivity index (χ4n) is 2.29. The van der Waals surface area contributed by atoms with E-state index in [1.807, 2.05) is 7.05 Å². The van der Waals surface area contributed by atoms with Crippen LogP contribution in [-0.4, -0.2) is 61.4 Å². The van der Waals surface area contributed by atoms with Crippen LogP contribution in [0.1, 0.15) is 6.42 Å². The average Bonchev–Trinajstić information content (AvgIpc) is 2.45. The van der Waals surface area contributed by atoms with Gasteiger partial charge >= 0.3 is 0 Å². The maximum absolute atomic E-state index is 11.3. The van der Waals surface area contributed by atoms with Crippen molar-refractivity contribution in [1.29, 1.82) is 0 Å². The molecule has 0 aliphatic carbocycles. The van der Waals surface area contributed by atoms with Crippen LogP contribution in [0.2, 0.25) is 0 Å². The van der Waals surface area contributed by atoms with E-state index in [1.54, 1.807) is 4.90 Å². The van der Waals surface area contributed by atoms with Gasteiger partial charge in [0.2, 0.25) is 11.8 Å². The number of likely N-dealkylation sites (tertiary alicyclic amines) is 1. The number of nitrogens with zero attached hydrogens (tertiary/aromatic N) is 2. The van der Waals surface area contributed by atoms with E-state index in [9.17, 15) is 9.59 Å². The molecule has 2 saturated heterocycles. The van der Waals surface area contributed by atoms with Crippen LogP contribution in [-0.2, 0) is 9.59 Å². The third-order valence-corrected chi connectivity index (χ3v) is 3.05. The van der Waals surface area contributed by atoms with Crippen LogP contribution in [0, 0.1) is 5.92 Å². The molecule has 0 saturated carbocycles. The van der Waals surface area contributed by atoms with Crippen LogP contribution < -0.4 is 5.32 Å². The summed E-state index contributed by atoms with van der Waals surface area (Å²) < 4.78 is 0. The highest BCUT2D eigenvalue weighted by molar-refractivity contribution is 5.79. The van der Waals surface area contributed by atoms with E-state index in [2.05, 4.69) is 10.2 Å². The van der Waals surface area contributed by atoms with E-state index < -0.39 is 0 Å². The maximum atomic E-state index is 11.3. The molecule has 0 bridgehead atoms. The fraction of sp³-hybridized carbons (Fsp3) is 0.800. The number of rotatable bonds is 2. The molecule has 5 nitrogen and oxygen atoms in total. The molecule has 0 aromatic heterocycles. The van der Waals surface area contributed by atoms with E-state index in [0.29, 0.717) is 18.9 Å². The molecule has 0 radical (unpaired) electrons. The van der Waals surface area contributed by atoms with E-state index in [0.717, 1.165) is 26.2 Å². The molecule has 15 heavy (non-hydrogen) atoms. The first-order valence-electron chi connectivity index (χ1n) is 5.38. The summed E-state index contributed by atoms with van der Waals surface area (Å²) in [6, 6.07) is 0. The zero-order valence-electron chi connectivity index (χ0n) is 9.03. The Morgan fingerprint density at radius 1 is 1.47 bits per heavy atom. The first-order chi connectivity index (χ1) is 7.15. The first kappa shape index (κ1) is 10.4. The normalized spacial score (nSPS) is 28.3. The first-order valence-corrected chi connectivity index (χ1v) is 5.38. The van der Waals surface area contributed by atoms with Gasteiger partial charge in [0.25, 0.3) is 0 Å². The highest BCUT2D eigenvalue weighted by Crippen LogP contribution is 2.17. The van der Waals surface area contributed by atoms with Crippen LogP contribution >= 0.6 is 0 Å². The molecule has 2 aliphatic rings. The van der Waals surface area contributed by atoms with Crippen molar-refractivity contribution in [3.63, 3.8) is 0 Å². The van der Waals surface area contributed by atoms with Gasteiger partial charge in [0.15, 0.2) is 0 Å². The molecule has 1 atom stereocenters. The number of nitrogens with one attached hydrogen (secondary N) is 1. The van der Waals surface area contributed by atoms with Crippen LogP contribution in [0.3, 0.4) is 0 Å². The summed E-state index contributed by atoms with van der Waals surface area (Å²) in [5.41, 5.74) is 0. The number of carbonyl (C=O) groups is 2. The van der Waals surface area contributed by atoms with Gasteiger partial charge < -0.3 is 10.2 Å². The summed E-state index contributed by atoms with van der Waals surface area (Å²) in [6.07, 6.45) is 0.634. The van der Waals surface area contributed by atoms with Crippen molar-refractivity contribution in [2.45, 2.75) is 6.42 Å². The van der Waals surface area contributed by atoms with Gasteiger partial charge in [-0.1, -0.05) is 0 Å². The summed E-state index contributed by atoms with van der Waals surface area (Å²) >= 11 is 0. The van der Waals surface area contributed by atoms with Gasteiger partial charge in [-0.25, -0.2) is 0 Å². The minimum absolute atomic E-state index is 0.0962. The van der Waals surface area contributed by atoms with Gasteiger partial charge in [-0.2, -0.15) is 0 Å². The van der Waals surface area contributed by atoms with Crippen molar-refractivity contribution in [2.24, 2.45) is 5.92 Å². The molecule has 0 spiro atoms. The molecule has 2 aliphatic heterocycles. The zero-order valence-corrected chi connectivity index (χ0v) is 9.03. The SMILES string of the molecule is CN1CC(CN2CCNC(=O)C2)CC1=O. The number of piperazine rings is 1. The zero-order chi connectivity index (χ0) is 10.8. The second kappa shape index (κ2) is 4.18. The molecule has 1 N–H and O–H groups in total. The molecule has 2 rings (SSSR count). The largest absolute Gasteiger partial charge is 0.354 e. The van der Waals surface area contributed by atoms with Crippen LogP contribution in [0.15, 0.2) is 0 Å². The van der Waals surface area contributed by atoms with E-state index in [1.165, 1.54) is 0 Å². The lowest BCUT2D eigenvalue weighted by molar-refractivity contribution is -0.126. The number of amides is 2. The molecular formula is C10H17N3O2. The highest BCUT2D eigenvalue weighted by atomic mass is 16.2. The van der Waals surface area contributed by atoms with Crippen LogP contribution in [0.4, 0.5) is 0 Å². The van der Waals surface area contributed by atoms with Gasteiger partial charge in [-0.3, -0.25) is 14.5 Å². The van der Waals surface area contributed by atoms with E-state index in [-0.39, 0.29) is 11.8 Å². The molecule has 0 aromatic rings. The van der Waals surface area contributed by atoms with Gasteiger partial charge in [0.05, 0.1) is 6.54 Å². The predicted molar refractivity (Wildman–Crippen MR) is 55.2 cm³/mol. The Hall–Kier alpha value is -1.10. The lowest BCUT2D eigenvalue weighted by atomic mass is 10.1. The molecule has 0 aromatic carbocycles. The topological polar surface area (TPSA) is 52.6 Å². The third-order valence-electron chi connectivity index (χ3n) is 3.05. The van der Waals surface area contributed by atoms with Crippen molar-refractivity contribution >= 4 is 11.8 Å². The van der Waals surface area contributed by atoms with Crippen molar-refractivity contribution < 1.29 is 9.59 Å². The quantitative estimate of drug-likeness (QED) is 0.630. The second-order valence-electron chi connectivity index (χ2n) is 4.43. The molecular weight excluding hydrogens is 194 g/mol. The average molecular weight is 211 g/mol. The second-order valence-corrected chi connectivity index (χ2v) is 4.43. The van der Waals surface area contributed by atoms with Gasteiger partial charge in [-0.15, -0.1) is 0 Å². The minimum Gasteiger partial charge on any atom is -0.354 e. The monoisotopic (exact) mass is 211 g/mol. The van der Waals surface area contributed by atoms with Crippen LogP contribution in [0.5, 0.6) is 0 Å². The minimum atomic E-state index is 0.0962. The standard InChI is InChI=1S/C10H17N3O2/c1-12-5-8(4-10(12)15)6-13-3-2-11-9(14)7-13/h8H,2-7H2,1H3,(H,11,14). The van der Waals surface area contributed by atoms with Crippen molar-refractivity contribution in [3.8, 4) is 0 Å². The van der Waals surface area contributed by atoms with Gasteiger partial charge in [0, 0.05) is 39.6 Å². The number of hydrogen-bond acceptors (Lipinski definition) is 3. The Balaban J connectivity index is 1.82. The number of hydrogen-bond donors (Lipinski definition) is 1. The Morgan fingerprint density at radius 3 is 2.87 bits per heavy atom. The molecule has 1 unspecified atom stereocenters. The smallest absolute Gasteiger partial charge is 0.234 e. The highest BCUT2D eigenvalue weighted by Gasteiger charge is 2.29. The van der Waals surface area contributed by atoms with Gasteiger partial charge in [-0.05, 0) is 5.92 Å². The van der Waals surface area contributed by atoms with Crippen molar-refractivity contribution in [3.05, 3.63) is 0 Å². The Bertz CT molecular complexity index is 278. The molecule has 84 valence electrons. The summed E-state index contributed by atoms with van der Waals surface area (Å²) in [6.45, 7) is 3.81. The van der Waals surface area contributed by atoms with Gasteiger partial charge in [0.1, 0.15) is 0 Å². The lowest BCUT2D eigenvalue weighted by Crippen LogP contribution is -2.49. The van der Waals surface area contributed by atoms with E-state index >= 15 is 0 Å². The summed E-state index contributed by atoms with van der Waals surface area (Å²) in [4.78, 5) is 26.4. The molecule has 2 heterocycles. The van der Waals surface area contributed by atoms with Crippen molar-refractivity contribution in [1.82, 2.24) is 15.1 Å². The Morgan fingerprint density at radius 2 is 2.27 bits per heavy atom. The Kier molecular flexibility index (Phi) is 2.90. The van der Waals surface area contributed by atoms with Crippen molar-refractivity contribution in [2.75, 3.05) is 39.8 Å².